The molecule has 1 N–H and O–H groups in total. The summed E-state index contributed by atoms with van der Waals surface area (Å²) in [5.74, 6) is 1.72. The van der Waals surface area contributed by atoms with Crippen LogP contribution in [0.3, 0.4) is 0 Å². The third-order valence-electron chi connectivity index (χ3n) is 5.40. The Hall–Kier alpha value is -0.896. The Kier molecular flexibility index (Phi) is 9.18. The molecule has 0 aliphatic rings. The second kappa shape index (κ2) is 10.2. The summed E-state index contributed by atoms with van der Waals surface area (Å²) in [6.07, 6.45) is 0.259. The summed E-state index contributed by atoms with van der Waals surface area (Å²) in [5, 5.41) is 9.79. The predicted octanol–water partition coefficient (Wildman–Crippen LogP) is 5.56. The fourth-order valence-corrected chi connectivity index (χ4v) is 3.54. The van der Waals surface area contributed by atoms with Gasteiger partial charge in [-0.15, -0.1) is 0 Å². The average molecular weight is 458 g/mol. The van der Waals surface area contributed by atoms with Gasteiger partial charge >= 0.3 is 0 Å². The van der Waals surface area contributed by atoms with E-state index in [0.29, 0.717) is 13.0 Å². The van der Waals surface area contributed by atoms with E-state index in [0.717, 1.165) is 33.8 Å². The third-order valence-corrected chi connectivity index (χ3v) is 5.40. The molecule has 3 nitrogen and oxygen atoms in total. The summed E-state index contributed by atoms with van der Waals surface area (Å²) in [6, 6.07) is 8.74. The van der Waals surface area contributed by atoms with Gasteiger partial charge in [0.15, 0.2) is 0 Å². The smallest absolute Gasteiger partial charge is 0.125 e. The average Bonchev–Trinajstić information content (AvgIpc) is 2.60. The SMILES string of the molecule is [CH2-]Oc1c(C)cc(C(C)(C)c2cc(C)c(OCC(O)CC)c(C)c2)cc1C.[Y]. The molecule has 2 rings (SSSR count). The molecule has 0 fully saturated rings. The molecule has 1 radical (unpaired) electrons. The second-order valence-electron chi connectivity index (χ2n) is 8.02. The molecule has 28 heavy (non-hydrogen) atoms. The molecular formula is C24H33O3Y-. The first kappa shape index (κ1) is 25.1. The molecule has 0 bridgehead atoms. The van der Waals surface area contributed by atoms with Gasteiger partial charge in [0, 0.05) is 38.1 Å². The van der Waals surface area contributed by atoms with E-state index in [1.54, 1.807) is 0 Å². The number of benzene rings is 2. The second-order valence-corrected chi connectivity index (χ2v) is 8.02. The van der Waals surface area contributed by atoms with E-state index in [9.17, 15) is 5.11 Å². The number of ether oxygens (including phenoxy) is 2. The van der Waals surface area contributed by atoms with E-state index in [1.807, 2.05) is 6.92 Å². The Labute approximate surface area is 195 Å². The van der Waals surface area contributed by atoms with Crippen LogP contribution in [0.2, 0.25) is 0 Å². The first-order valence-corrected chi connectivity index (χ1v) is 9.58. The minimum absolute atomic E-state index is 0. The normalized spacial score (nSPS) is 12.3. The van der Waals surface area contributed by atoms with Gasteiger partial charge in [0.25, 0.3) is 0 Å². The van der Waals surface area contributed by atoms with Crippen molar-refractivity contribution in [3.8, 4) is 11.5 Å². The monoisotopic (exact) mass is 458 g/mol. The van der Waals surface area contributed by atoms with E-state index < -0.39 is 6.10 Å². The van der Waals surface area contributed by atoms with Crippen LogP contribution in [0, 0.1) is 34.8 Å². The number of rotatable bonds is 7. The van der Waals surface area contributed by atoms with Gasteiger partial charge in [-0.2, -0.15) is 7.11 Å². The van der Waals surface area contributed by atoms with Crippen molar-refractivity contribution in [1.29, 1.82) is 0 Å². The molecule has 0 amide bonds. The fraction of sp³-hybridized carbons (Fsp3) is 0.458. The summed E-state index contributed by atoms with van der Waals surface area (Å²) in [6.45, 7) is 15.0. The van der Waals surface area contributed by atoms with Gasteiger partial charge in [-0.25, -0.2) is 0 Å². The molecular weight excluding hydrogens is 425 g/mol. The molecule has 2 aromatic carbocycles. The Morgan fingerprint density at radius 3 is 1.64 bits per heavy atom. The number of aliphatic hydroxyl groups is 1. The topological polar surface area (TPSA) is 38.7 Å². The van der Waals surface area contributed by atoms with Gasteiger partial charge in [0.1, 0.15) is 12.4 Å². The fourth-order valence-electron chi connectivity index (χ4n) is 3.54. The van der Waals surface area contributed by atoms with Crippen LogP contribution in [0.15, 0.2) is 24.3 Å². The number of aryl methyl sites for hydroxylation is 4. The van der Waals surface area contributed by atoms with Crippen LogP contribution < -0.4 is 9.47 Å². The van der Waals surface area contributed by atoms with Crippen LogP contribution in [-0.2, 0) is 38.1 Å². The van der Waals surface area contributed by atoms with E-state index in [2.05, 4.69) is 72.9 Å². The molecule has 2 aromatic rings. The number of hydrogen-bond donors (Lipinski definition) is 1. The zero-order chi connectivity index (χ0) is 20.4. The van der Waals surface area contributed by atoms with Crippen molar-refractivity contribution in [2.45, 2.75) is 66.4 Å². The van der Waals surface area contributed by atoms with E-state index in [4.69, 9.17) is 9.47 Å². The van der Waals surface area contributed by atoms with Crippen molar-refractivity contribution in [2.75, 3.05) is 6.61 Å². The van der Waals surface area contributed by atoms with Crippen LogP contribution in [0.1, 0.15) is 60.6 Å². The molecule has 151 valence electrons. The Bertz CT molecular complexity index is 765. The minimum Gasteiger partial charge on any atom is -0.665 e. The van der Waals surface area contributed by atoms with E-state index >= 15 is 0 Å². The van der Waals surface area contributed by atoms with Crippen molar-refractivity contribution < 1.29 is 47.3 Å². The molecule has 0 heterocycles. The molecule has 0 aliphatic carbocycles. The largest absolute Gasteiger partial charge is 0.665 e. The quantitative estimate of drug-likeness (QED) is 0.552. The van der Waals surface area contributed by atoms with Crippen molar-refractivity contribution in [3.05, 3.63) is 64.8 Å². The van der Waals surface area contributed by atoms with Crippen LogP contribution in [0.25, 0.3) is 0 Å². The van der Waals surface area contributed by atoms with Crippen LogP contribution in [0.4, 0.5) is 0 Å². The maximum Gasteiger partial charge on any atom is 0.125 e. The standard InChI is InChI=1S/C24H33O3.Y/c1-9-21(25)14-27-23-17(4)12-20(13-18(23)5)24(6,7)19-10-15(2)22(26-8)16(3)11-19;/h10-13,21,25H,8-9,14H2,1-7H3;/q-1;. The van der Waals surface area contributed by atoms with Gasteiger partial charge in [0.2, 0.25) is 0 Å². The van der Waals surface area contributed by atoms with Gasteiger partial charge in [-0.3, -0.25) is 0 Å². The summed E-state index contributed by atoms with van der Waals surface area (Å²) in [7, 11) is 3.56. The van der Waals surface area contributed by atoms with Gasteiger partial charge in [-0.1, -0.05) is 45.0 Å². The molecule has 1 atom stereocenters. The van der Waals surface area contributed by atoms with Gasteiger partial charge in [-0.05, 0) is 67.5 Å². The molecule has 0 aliphatic heterocycles. The van der Waals surface area contributed by atoms with Crippen molar-refractivity contribution in [2.24, 2.45) is 0 Å². The molecule has 0 aromatic heterocycles. The Morgan fingerprint density at radius 2 is 1.29 bits per heavy atom. The van der Waals surface area contributed by atoms with E-state index in [1.165, 1.54) is 11.1 Å². The van der Waals surface area contributed by atoms with Crippen LogP contribution >= 0.6 is 0 Å². The maximum absolute atomic E-state index is 9.79. The van der Waals surface area contributed by atoms with Gasteiger partial charge in [0.05, 0.1) is 11.9 Å². The number of hydrogen-bond acceptors (Lipinski definition) is 3. The number of aliphatic hydroxyl groups excluding tert-OH is 1. The predicted molar refractivity (Wildman–Crippen MR) is 112 cm³/mol. The van der Waals surface area contributed by atoms with E-state index in [-0.39, 0.29) is 38.1 Å². The molecule has 0 saturated heterocycles. The first-order valence-electron chi connectivity index (χ1n) is 9.58. The maximum atomic E-state index is 9.79. The molecule has 0 spiro atoms. The zero-order valence-electron chi connectivity index (χ0n) is 18.3. The third kappa shape index (κ3) is 5.37. The molecule has 1 unspecified atom stereocenters. The zero-order valence-corrected chi connectivity index (χ0v) is 21.2. The molecule has 4 heteroatoms. The summed E-state index contributed by atoms with van der Waals surface area (Å²) in [5.41, 5.74) is 6.69. The van der Waals surface area contributed by atoms with Crippen molar-refractivity contribution in [1.82, 2.24) is 0 Å². The first-order chi connectivity index (χ1) is 12.6. The van der Waals surface area contributed by atoms with Gasteiger partial charge < -0.3 is 14.6 Å². The minimum atomic E-state index is -0.431. The van der Waals surface area contributed by atoms with Crippen LogP contribution in [-0.4, -0.2) is 17.8 Å². The Balaban J connectivity index is 0.00000392. The molecule has 0 saturated carbocycles. The Morgan fingerprint density at radius 1 is 0.893 bits per heavy atom. The van der Waals surface area contributed by atoms with Crippen LogP contribution in [0.5, 0.6) is 11.5 Å². The summed E-state index contributed by atoms with van der Waals surface area (Å²) < 4.78 is 11.2. The van der Waals surface area contributed by atoms with Crippen molar-refractivity contribution >= 4 is 0 Å². The van der Waals surface area contributed by atoms with Crippen molar-refractivity contribution in [3.63, 3.8) is 0 Å². The summed E-state index contributed by atoms with van der Waals surface area (Å²) >= 11 is 0. The summed E-state index contributed by atoms with van der Waals surface area (Å²) in [4.78, 5) is 0.